The number of hydrogen-bond donors (Lipinski definition) is 3. The van der Waals surface area contributed by atoms with E-state index in [0.717, 1.165) is 22.4 Å². The summed E-state index contributed by atoms with van der Waals surface area (Å²) < 4.78 is 0. The molecule has 120 valence electrons. The Hall–Kier alpha value is -1.88. The van der Waals surface area contributed by atoms with Crippen molar-refractivity contribution in [3.63, 3.8) is 0 Å². The number of anilines is 1. The van der Waals surface area contributed by atoms with Crippen molar-refractivity contribution in [2.24, 2.45) is 0 Å². The van der Waals surface area contributed by atoms with Crippen LogP contribution in [0, 0.1) is 13.8 Å². The van der Waals surface area contributed by atoms with Crippen molar-refractivity contribution in [2.75, 3.05) is 5.32 Å². The first-order chi connectivity index (χ1) is 11.0. The minimum Gasteiger partial charge on any atom is -0.324 e. The molecule has 0 saturated carbocycles. The molecule has 3 N–H and O–H groups in total. The van der Waals surface area contributed by atoms with Crippen LogP contribution in [0.1, 0.15) is 29.2 Å². The third kappa shape index (κ3) is 3.55. The molecule has 1 heterocycles. The standard InChI is InChI=1S/C18H20ClN3O/c1-11-7-8-12(2)15(9-11)20-18(23)17-10-16(21-22-17)13-5-3-4-6-14(13)19/h3-9,16-17,21-22H,10H2,1-2H3,(H,20,23). The third-order valence-electron chi connectivity index (χ3n) is 4.15. The van der Waals surface area contributed by atoms with E-state index in [-0.39, 0.29) is 18.0 Å². The van der Waals surface area contributed by atoms with Crippen LogP contribution in [0.5, 0.6) is 0 Å². The van der Waals surface area contributed by atoms with Crippen molar-refractivity contribution in [2.45, 2.75) is 32.4 Å². The second kappa shape index (κ2) is 6.71. The number of rotatable bonds is 3. The minimum absolute atomic E-state index is 0.0260. The zero-order valence-electron chi connectivity index (χ0n) is 13.2. The molecule has 1 saturated heterocycles. The average Bonchev–Trinajstić information content (AvgIpc) is 3.01. The van der Waals surface area contributed by atoms with E-state index >= 15 is 0 Å². The molecule has 2 aromatic rings. The van der Waals surface area contributed by atoms with Crippen molar-refractivity contribution in [1.82, 2.24) is 10.9 Å². The first kappa shape index (κ1) is 16.0. The summed E-state index contributed by atoms with van der Waals surface area (Å²) in [6.45, 7) is 4.00. The first-order valence-electron chi connectivity index (χ1n) is 7.68. The van der Waals surface area contributed by atoms with Gasteiger partial charge in [0.1, 0.15) is 6.04 Å². The maximum atomic E-state index is 12.5. The van der Waals surface area contributed by atoms with Crippen molar-refractivity contribution < 1.29 is 4.79 Å². The summed E-state index contributed by atoms with van der Waals surface area (Å²) in [6.07, 6.45) is 0.653. The van der Waals surface area contributed by atoms with Crippen molar-refractivity contribution >= 4 is 23.2 Å². The molecule has 1 fully saturated rings. The van der Waals surface area contributed by atoms with Crippen LogP contribution in [0.15, 0.2) is 42.5 Å². The van der Waals surface area contributed by atoms with Crippen LogP contribution >= 0.6 is 11.6 Å². The van der Waals surface area contributed by atoms with E-state index in [1.54, 1.807) is 0 Å². The topological polar surface area (TPSA) is 53.2 Å². The Bertz CT molecular complexity index is 732. The predicted molar refractivity (Wildman–Crippen MR) is 93.4 cm³/mol. The smallest absolute Gasteiger partial charge is 0.242 e. The number of benzene rings is 2. The lowest BCUT2D eigenvalue weighted by atomic mass is 10.0. The number of carbonyl (C=O) groups excluding carboxylic acids is 1. The lowest BCUT2D eigenvalue weighted by molar-refractivity contribution is -0.117. The summed E-state index contributed by atoms with van der Waals surface area (Å²) >= 11 is 6.23. The van der Waals surface area contributed by atoms with E-state index in [0.29, 0.717) is 11.4 Å². The van der Waals surface area contributed by atoms with Crippen molar-refractivity contribution in [1.29, 1.82) is 0 Å². The summed E-state index contributed by atoms with van der Waals surface area (Å²) in [6, 6.07) is 13.5. The van der Waals surface area contributed by atoms with Gasteiger partial charge in [-0.3, -0.25) is 4.79 Å². The molecule has 2 unspecified atom stereocenters. The van der Waals surface area contributed by atoms with Crippen LogP contribution in [0.2, 0.25) is 5.02 Å². The molecule has 1 amide bonds. The van der Waals surface area contributed by atoms with Gasteiger partial charge in [-0.2, -0.15) is 0 Å². The largest absolute Gasteiger partial charge is 0.324 e. The van der Waals surface area contributed by atoms with Gasteiger partial charge in [0.15, 0.2) is 0 Å². The highest BCUT2D eigenvalue weighted by Crippen LogP contribution is 2.28. The molecule has 0 aliphatic carbocycles. The monoisotopic (exact) mass is 329 g/mol. The molecule has 2 atom stereocenters. The zero-order chi connectivity index (χ0) is 16.4. The highest BCUT2D eigenvalue weighted by Gasteiger charge is 2.31. The van der Waals surface area contributed by atoms with Crippen molar-refractivity contribution in [3.05, 3.63) is 64.2 Å². The molecule has 23 heavy (non-hydrogen) atoms. The van der Waals surface area contributed by atoms with E-state index in [9.17, 15) is 4.79 Å². The third-order valence-corrected chi connectivity index (χ3v) is 4.50. The fourth-order valence-electron chi connectivity index (χ4n) is 2.78. The van der Waals surface area contributed by atoms with Crippen LogP contribution in [0.4, 0.5) is 5.69 Å². The van der Waals surface area contributed by atoms with Gasteiger partial charge >= 0.3 is 0 Å². The Kier molecular flexibility index (Phi) is 4.66. The number of nitrogens with one attached hydrogen (secondary N) is 3. The molecular weight excluding hydrogens is 310 g/mol. The van der Waals surface area contributed by atoms with Crippen LogP contribution in [-0.4, -0.2) is 11.9 Å². The second-order valence-corrected chi connectivity index (χ2v) is 6.37. The van der Waals surface area contributed by atoms with Gasteiger partial charge in [0.05, 0.1) is 0 Å². The highest BCUT2D eigenvalue weighted by atomic mass is 35.5. The molecule has 4 nitrogen and oxygen atoms in total. The summed E-state index contributed by atoms with van der Waals surface area (Å²) in [5.41, 5.74) is 10.3. The Balaban J connectivity index is 1.68. The van der Waals surface area contributed by atoms with Gasteiger partial charge in [-0.05, 0) is 49.1 Å². The molecule has 1 aliphatic heterocycles. The van der Waals surface area contributed by atoms with Gasteiger partial charge in [-0.15, -0.1) is 0 Å². The normalized spacial score (nSPS) is 20.5. The molecule has 1 aliphatic rings. The number of hydrazine groups is 1. The summed E-state index contributed by atoms with van der Waals surface area (Å²) in [5, 5.41) is 3.72. The first-order valence-corrected chi connectivity index (χ1v) is 8.06. The summed E-state index contributed by atoms with van der Waals surface area (Å²) in [5.74, 6) is -0.0410. The van der Waals surface area contributed by atoms with Gasteiger partial charge in [-0.25, -0.2) is 10.9 Å². The molecule has 3 rings (SSSR count). The van der Waals surface area contributed by atoms with Gasteiger partial charge in [0.2, 0.25) is 5.91 Å². The molecule has 0 spiro atoms. The second-order valence-electron chi connectivity index (χ2n) is 5.96. The lowest BCUT2D eigenvalue weighted by Gasteiger charge is -2.13. The van der Waals surface area contributed by atoms with Gasteiger partial charge in [-0.1, -0.05) is 41.9 Å². The molecule has 0 aromatic heterocycles. The predicted octanol–water partition coefficient (Wildman–Crippen LogP) is 3.50. The fourth-order valence-corrected chi connectivity index (χ4v) is 3.05. The molecule has 2 aromatic carbocycles. The summed E-state index contributed by atoms with van der Waals surface area (Å²) in [4.78, 5) is 12.5. The summed E-state index contributed by atoms with van der Waals surface area (Å²) in [7, 11) is 0. The maximum Gasteiger partial charge on any atom is 0.242 e. The Labute approximate surface area is 141 Å². The maximum absolute atomic E-state index is 12.5. The quantitative estimate of drug-likeness (QED) is 0.807. The number of carbonyl (C=O) groups is 1. The van der Waals surface area contributed by atoms with Crippen LogP contribution in [-0.2, 0) is 4.79 Å². The van der Waals surface area contributed by atoms with Crippen LogP contribution in [0.3, 0.4) is 0 Å². The number of amides is 1. The van der Waals surface area contributed by atoms with E-state index in [1.807, 2.05) is 56.3 Å². The molecule has 0 bridgehead atoms. The molecule has 5 heteroatoms. The van der Waals surface area contributed by atoms with Crippen LogP contribution < -0.4 is 16.2 Å². The van der Waals surface area contributed by atoms with E-state index < -0.39 is 0 Å². The van der Waals surface area contributed by atoms with E-state index in [1.165, 1.54) is 0 Å². The van der Waals surface area contributed by atoms with Crippen LogP contribution in [0.25, 0.3) is 0 Å². The number of hydrogen-bond acceptors (Lipinski definition) is 3. The number of halogens is 1. The van der Waals surface area contributed by atoms with E-state index in [4.69, 9.17) is 11.6 Å². The molecule has 0 radical (unpaired) electrons. The minimum atomic E-state index is -0.295. The van der Waals surface area contributed by atoms with Crippen molar-refractivity contribution in [3.8, 4) is 0 Å². The zero-order valence-corrected chi connectivity index (χ0v) is 13.9. The SMILES string of the molecule is Cc1ccc(C)c(NC(=O)C2CC(c3ccccc3Cl)NN2)c1. The fraction of sp³-hybridized carbons (Fsp3) is 0.278. The molecular formula is C18H20ClN3O. The Morgan fingerprint density at radius 2 is 1.96 bits per heavy atom. The van der Waals surface area contributed by atoms with Gasteiger partial charge in [0, 0.05) is 16.8 Å². The van der Waals surface area contributed by atoms with Gasteiger partial charge < -0.3 is 5.32 Å². The number of aryl methyl sites for hydroxylation is 2. The van der Waals surface area contributed by atoms with E-state index in [2.05, 4.69) is 16.2 Å². The Morgan fingerprint density at radius 1 is 1.17 bits per heavy atom. The Morgan fingerprint density at radius 3 is 2.74 bits per heavy atom. The average molecular weight is 330 g/mol. The highest BCUT2D eigenvalue weighted by molar-refractivity contribution is 6.31. The van der Waals surface area contributed by atoms with Gasteiger partial charge in [0.25, 0.3) is 0 Å². The lowest BCUT2D eigenvalue weighted by Crippen LogP contribution is -2.39.